The number of pyridine rings is 1. The predicted octanol–water partition coefficient (Wildman–Crippen LogP) is 6.76. The fraction of sp³-hybridized carbons (Fsp3) is 0.0323. The molecule has 0 bridgehead atoms. The van der Waals surface area contributed by atoms with Crippen LogP contribution in [-0.4, -0.2) is 25.5 Å². The summed E-state index contributed by atoms with van der Waals surface area (Å²) in [4.78, 5) is 22.1. The van der Waals surface area contributed by atoms with Crippen molar-refractivity contribution < 1.29 is 4.79 Å². The van der Waals surface area contributed by atoms with E-state index in [9.17, 15) is 4.79 Å². The molecule has 0 saturated carbocycles. The molecule has 0 fully saturated rings. The third-order valence-electron chi connectivity index (χ3n) is 6.16. The summed E-state index contributed by atoms with van der Waals surface area (Å²) >= 11 is 0. The molecule has 0 unspecified atom stereocenters. The van der Waals surface area contributed by atoms with Gasteiger partial charge in [-0.05, 0) is 61.5 Å². The van der Waals surface area contributed by atoms with Crippen LogP contribution in [0.4, 0.5) is 17.3 Å². The van der Waals surface area contributed by atoms with Crippen LogP contribution in [0.25, 0.3) is 28.0 Å². The Bertz CT molecular complexity index is 1760. The second kappa shape index (κ2) is 9.99. The number of para-hydroxylation sites is 1. The average Bonchev–Trinajstić information content (AvgIpc) is 3.34. The Balaban J connectivity index is 1.39. The third-order valence-corrected chi connectivity index (χ3v) is 6.16. The number of aryl methyl sites for hydroxylation is 1. The van der Waals surface area contributed by atoms with Crippen molar-refractivity contribution in [1.29, 1.82) is 0 Å². The molecule has 38 heavy (non-hydrogen) atoms. The molecule has 2 N–H and O–H groups in total. The van der Waals surface area contributed by atoms with Crippen LogP contribution in [0.2, 0.25) is 0 Å². The Labute approximate surface area is 219 Å². The van der Waals surface area contributed by atoms with Gasteiger partial charge in [0.05, 0.1) is 16.8 Å². The van der Waals surface area contributed by atoms with E-state index in [4.69, 9.17) is 10.1 Å². The maximum Gasteiger partial charge on any atom is 0.255 e. The molecule has 0 aliphatic rings. The normalized spacial score (nSPS) is 10.9. The van der Waals surface area contributed by atoms with Crippen LogP contribution < -0.4 is 10.6 Å². The first-order valence-electron chi connectivity index (χ1n) is 12.3. The number of carbonyl (C=O) groups excluding carboxylic acids is 1. The summed E-state index contributed by atoms with van der Waals surface area (Å²) in [5, 5.41) is 11.2. The summed E-state index contributed by atoms with van der Waals surface area (Å²) in [5.74, 6) is 0.336. The minimum atomic E-state index is -0.159. The average molecular weight is 497 g/mol. The molecule has 7 nitrogen and oxygen atoms in total. The number of rotatable bonds is 6. The van der Waals surface area contributed by atoms with Crippen LogP contribution in [0, 0.1) is 6.92 Å². The quantitative estimate of drug-likeness (QED) is 0.266. The molecule has 6 rings (SSSR count). The highest BCUT2D eigenvalue weighted by atomic mass is 16.1. The van der Waals surface area contributed by atoms with Crippen molar-refractivity contribution in [3.63, 3.8) is 0 Å². The highest BCUT2D eigenvalue weighted by Crippen LogP contribution is 2.35. The molecule has 6 aromatic rings. The van der Waals surface area contributed by atoms with Crippen molar-refractivity contribution >= 4 is 28.7 Å². The smallest absolute Gasteiger partial charge is 0.255 e. The first-order chi connectivity index (χ1) is 18.6. The number of nitrogens with zero attached hydrogens (tertiary/aromatic N) is 4. The molecule has 0 radical (unpaired) electrons. The van der Waals surface area contributed by atoms with E-state index in [0.717, 1.165) is 39.3 Å². The minimum absolute atomic E-state index is 0.159. The van der Waals surface area contributed by atoms with E-state index in [0.29, 0.717) is 17.2 Å². The van der Waals surface area contributed by atoms with Crippen molar-refractivity contribution in [2.45, 2.75) is 6.92 Å². The fourth-order valence-corrected chi connectivity index (χ4v) is 4.40. The van der Waals surface area contributed by atoms with Gasteiger partial charge in [-0.15, -0.1) is 0 Å². The molecule has 0 saturated heterocycles. The number of aromatic nitrogens is 4. The summed E-state index contributed by atoms with van der Waals surface area (Å²) in [5.41, 5.74) is 7.40. The molecule has 1 amide bonds. The molecular weight excluding hydrogens is 472 g/mol. The Morgan fingerprint density at radius 3 is 2.50 bits per heavy atom. The summed E-state index contributed by atoms with van der Waals surface area (Å²) < 4.78 is 1.84. The van der Waals surface area contributed by atoms with Crippen LogP contribution in [0.5, 0.6) is 0 Å². The largest absolute Gasteiger partial charge is 0.324 e. The Morgan fingerprint density at radius 2 is 1.63 bits per heavy atom. The SMILES string of the molecule is Cc1cccc(C(=O)Nc2cccc(-c3nn4ccccc4c3-c3ccnc(Nc4ccccc4)n3)c2)c1. The second-order valence-corrected chi connectivity index (χ2v) is 8.91. The van der Waals surface area contributed by atoms with Crippen LogP contribution in [0.15, 0.2) is 116 Å². The first kappa shape index (κ1) is 23.1. The lowest BCUT2D eigenvalue weighted by Gasteiger charge is -2.09. The van der Waals surface area contributed by atoms with Crippen LogP contribution in [0.3, 0.4) is 0 Å². The Hall–Kier alpha value is -5.30. The summed E-state index contributed by atoms with van der Waals surface area (Å²) in [7, 11) is 0. The monoisotopic (exact) mass is 496 g/mol. The molecule has 0 atom stereocenters. The van der Waals surface area contributed by atoms with Crippen molar-refractivity contribution in [2.75, 3.05) is 10.6 Å². The first-order valence-corrected chi connectivity index (χ1v) is 12.3. The molecule has 0 aliphatic carbocycles. The molecule has 7 heteroatoms. The van der Waals surface area contributed by atoms with Gasteiger partial charge in [0.15, 0.2) is 0 Å². The number of hydrogen-bond acceptors (Lipinski definition) is 5. The van der Waals surface area contributed by atoms with Crippen molar-refractivity contribution in [3.8, 4) is 22.5 Å². The number of anilines is 3. The summed E-state index contributed by atoms with van der Waals surface area (Å²) in [6.45, 7) is 1.97. The number of amides is 1. The second-order valence-electron chi connectivity index (χ2n) is 8.91. The van der Waals surface area contributed by atoms with Gasteiger partial charge in [-0.1, -0.05) is 54.1 Å². The lowest BCUT2D eigenvalue weighted by molar-refractivity contribution is 0.102. The maximum absolute atomic E-state index is 12.9. The number of hydrogen-bond donors (Lipinski definition) is 2. The van der Waals surface area contributed by atoms with Gasteiger partial charge in [0.1, 0.15) is 5.69 Å². The van der Waals surface area contributed by atoms with E-state index in [1.807, 2.05) is 121 Å². The predicted molar refractivity (Wildman–Crippen MR) is 151 cm³/mol. The molecule has 3 aromatic carbocycles. The zero-order chi connectivity index (χ0) is 25.9. The Kier molecular flexibility index (Phi) is 6.08. The third kappa shape index (κ3) is 4.73. The van der Waals surface area contributed by atoms with E-state index in [2.05, 4.69) is 15.6 Å². The topological polar surface area (TPSA) is 84.2 Å². The molecule has 3 heterocycles. The maximum atomic E-state index is 12.9. The fourth-order valence-electron chi connectivity index (χ4n) is 4.40. The van der Waals surface area contributed by atoms with E-state index in [1.165, 1.54) is 0 Å². The highest BCUT2D eigenvalue weighted by Gasteiger charge is 2.19. The highest BCUT2D eigenvalue weighted by molar-refractivity contribution is 6.04. The molecule has 0 spiro atoms. The molecular formula is C31H24N6O. The van der Waals surface area contributed by atoms with E-state index in [1.54, 1.807) is 6.20 Å². The van der Waals surface area contributed by atoms with Gasteiger partial charge in [-0.3, -0.25) is 4.79 Å². The zero-order valence-electron chi connectivity index (χ0n) is 20.7. The lowest BCUT2D eigenvalue weighted by atomic mass is 10.0. The van der Waals surface area contributed by atoms with Crippen molar-refractivity contribution in [1.82, 2.24) is 19.6 Å². The number of nitrogens with one attached hydrogen (secondary N) is 2. The number of fused-ring (bicyclic) bond motifs is 1. The molecule has 184 valence electrons. The van der Waals surface area contributed by atoms with Gasteiger partial charge in [0.2, 0.25) is 5.95 Å². The van der Waals surface area contributed by atoms with Gasteiger partial charge in [0.25, 0.3) is 5.91 Å². The molecule has 3 aromatic heterocycles. The lowest BCUT2D eigenvalue weighted by Crippen LogP contribution is -2.11. The number of benzene rings is 3. The Morgan fingerprint density at radius 1 is 0.816 bits per heavy atom. The van der Waals surface area contributed by atoms with Gasteiger partial charge in [0, 0.05) is 34.9 Å². The van der Waals surface area contributed by atoms with Gasteiger partial charge in [-0.25, -0.2) is 14.5 Å². The van der Waals surface area contributed by atoms with Crippen LogP contribution >= 0.6 is 0 Å². The van der Waals surface area contributed by atoms with Gasteiger partial charge >= 0.3 is 0 Å². The van der Waals surface area contributed by atoms with Crippen molar-refractivity contribution in [3.05, 3.63) is 127 Å². The number of carbonyl (C=O) groups is 1. The van der Waals surface area contributed by atoms with Gasteiger partial charge < -0.3 is 10.6 Å². The molecule has 0 aliphatic heterocycles. The summed E-state index contributed by atoms with van der Waals surface area (Å²) in [6, 6.07) is 32.9. The van der Waals surface area contributed by atoms with Crippen LogP contribution in [-0.2, 0) is 0 Å². The van der Waals surface area contributed by atoms with Crippen molar-refractivity contribution in [2.24, 2.45) is 0 Å². The van der Waals surface area contributed by atoms with E-state index in [-0.39, 0.29) is 5.91 Å². The van der Waals surface area contributed by atoms with Gasteiger partial charge in [-0.2, -0.15) is 5.10 Å². The summed E-state index contributed by atoms with van der Waals surface area (Å²) in [6.07, 6.45) is 3.65. The van der Waals surface area contributed by atoms with Crippen LogP contribution in [0.1, 0.15) is 15.9 Å². The standard InChI is InChI=1S/C31H24N6O/c1-21-9-7-11-23(19-21)30(38)33-25-14-8-10-22(20-25)29-28(27-15-5-6-18-37(27)36-29)26-16-17-32-31(35-26)34-24-12-3-2-4-13-24/h2-20H,1H3,(H,33,38)(H,32,34,35). The van der Waals surface area contributed by atoms with E-state index >= 15 is 0 Å². The van der Waals surface area contributed by atoms with E-state index < -0.39 is 0 Å². The zero-order valence-corrected chi connectivity index (χ0v) is 20.7. The minimum Gasteiger partial charge on any atom is -0.324 e.